The van der Waals surface area contributed by atoms with Crippen molar-refractivity contribution in [3.8, 4) is 5.88 Å². The van der Waals surface area contributed by atoms with E-state index < -0.39 is 35.2 Å². The molecule has 0 radical (unpaired) electrons. The molecule has 8 heteroatoms. The molecule has 1 N–H and O–H groups in total. The molecule has 0 spiro atoms. The Labute approximate surface area is 88.6 Å². The number of rotatable bonds is 4. The van der Waals surface area contributed by atoms with Crippen molar-refractivity contribution in [1.29, 1.82) is 0 Å². The van der Waals surface area contributed by atoms with Gasteiger partial charge in [0.05, 0.1) is 19.3 Å². The second-order valence-electron chi connectivity index (χ2n) is 2.79. The summed E-state index contributed by atoms with van der Waals surface area (Å²) in [5.41, 5.74) is -0.863. The van der Waals surface area contributed by atoms with Crippen molar-refractivity contribution in [2.75, 3.05) is 7.11 Å². The zero-order valence-electron chi connectivity index (χ0n) is 8.18. The standard InChI is InChI=1S/C8H8F2N2O4/c1-16-8-5(6(9)10)2-4(3-13)7(11-8)12(14)15/h2,6,13H,3H2,1H3. The van der Waals surface area contributed by atoms with E-state index in [4.69, 9.17) is 5.11 Å². The summed E-state index contributed by atoms with van der Waals surface area (Å²) < 4.78 is 29.5. The summed E-state index contributed by atoms with van der Waals surface area (Å²) in [5, 5.41) is 19.3. The highest BCUT2D eigenvalue weighted by Crippen LogP contribution is 2.31. The van der Waals surface area contributed by atoms with Crippen LogP contribution in [0.15, 0.2) is 6.07 Å². The number of aliphatic hydroxyl groups excluding tert-OH is 1. The fourth-order valence-corrected chi connectivity index (χ4v) is 1.14. The Kier molecular flexibility index (Phi) is 3.67. The van der Waals surface area contributed by atoms with E-state index in [1.165, 1.54) is 0 Å². The highest BCUT2D eigenvalue weighted by Gasteiger charge is 2.26. The number of methoxy groups -OCH3 is 1. The minimum absolute atomic E-state index is 0.277. The lowest BCUT2D eigenvalue weighted by Gasteiger charge is -2.05. The summed E-state index contributed by atoms with van der Waals surface area (Å²) in [6.45, 7) is -0.743. The molecule has 0 saturated carbocycles. The second kappa shape index (κ2) is 4.79. The Balaban J connectivity index is 3.40. The molecule has 1 aromatic heterocycles. The van der Waals surface area contributed by atoms with Gasteiger partial charge in [-0.05, 0) is 11.0 Å². The molecule has 6 nitrogen and oxygen atoms in total. The molecule has 1 heterocycles. The maximum atomic E-state index is 12.5. The van der Waals surface area contributed by atoms with Crippen LogP contribution in [0.5, 0.6) is 5.88 Å². The van der Waals surface area contributed by atoms with Gasteiger partial charge in [-0.2, -0.15) is 0 Å². The second-order valence-corrected chi connectivity index (χ2v) is 2.79. The van der Waals surface area contributed by atoms with Crippen LogP contribution in [0.1, 0.15) is 17.6 Å². The van der Waals surface area contributed by atoms with Crippen molar-refractivity contribution < 1.29 is 23.5 Å². The van der Waals surface area contributed by atoms with Crippen LogP contribution < -0.4 is 4.74 Å². The smallest absolute Gasteiger partial charge is 0.373 e. The Bertz CT molecular complexity index is 411. The van der Waals surface area contributed by atoms with Crippen molar-refractivity contribution in [2.24, 2.45) is 0 Å². The molecule has 0 atom stereocenters. The summed E-state index contributed by atoms with van der Waals surface area (Å²) in [5.74, 6) is -1.21. The number of hydrogen-bond acceptors (Lipinski definition) is 5. The summed E-state index contributed by atoms with van der Waals surface area (Å²) in [6.07, 6.45) is -2.88. The van der Waals surface area contributed by atoms with E-state index >= 15 is 0 Å². The zero-order valence-corrected chi connectivity index (χ0v) is 8.18. The first-order chi connectivity index (χ1) is 7.51. The maximum Gasteiger partial charge on any atom is 0.373 e. The van der Waals surface area contributed by atoms with Gasteiger partial charge in [0.15, 0.2) is 0 Å². The van der Waals surface area contributed by atoms with Crippen LogP contribution in [0.2, 0.25) is 0 Å². The van der Waals surface area contributed by atoms with Gasteiger partial charge in [0.25, 0.3) is 6.43 Å². The molecule has 16 heavy (non-hydrogen) atoms. The molecular weight excluding hydrogens is 226 g/mol. The molecule has 0 aromatic carbocycles. The lowest BCUT2D eigenvalue weighted by atomic mass is 10.2. The van der Waals surface area contributed by atoms with E-state index in [1.807, 2.05) is 0 Å². The number of pyridine rings is 1. The number of aromatic nitrogens is 1. The van der Waals surface area contributed by atoms with Gasteiger partial charge in [0, 0.05) is 4.98 Å². The molecule has 88 valence electrons. The first-order valence-corrected chi connectivity index (χ1v) is 4.12. The molecule has 0 aliphatic heterocycles. The van der Waals surface area contributed by atoms with Gasteiger partial charge >= 0.3 is 11.7 Å². The molecule has 0 saturated heterocycles. The Hall–Kier alpha value is -1.83. The molecular formula is C8H8F2N2O4. The van der Waals surface area contributed by atoms with E-state index in [1.54, 1.807) is 0 Å². The van der Waals surface area contributed by atoms with Crippen molar-refractivity contribution in [3.05, 3.63) is 27.3 Å². The summed E-state index contributed by atoms with van der Waals surface area (Å²) in [7, 11) is 1.08. The topological polar surface area (TPSA) is 85.5 Å². The highest BCUT2D eigenvalue weighted by molar-refractivity contribution is 5.41. The molecule has 0 aliphatic rings. The number of aliphatic hydroxyl groups is 1. The van der Waals surface area contributed by atoms with Crippen molar-refractivity contribution in [2.45, 2.75) is 13.0 Å². The predicted octanol–water partition coefficient (Wildman–Crippen LogP) is 1.43. The number of ether oxygens (including phenoxy) is 1. The average molecular weight is 234 g/mol. The lowest BCUT2D eigenvalue weighted by Crippen LogP contribution is -2.04. The quantitative estimate of drug-likeness (QED) is 0.629. The molecule has 1 rings (SSSR count). The third-order valence-corrected chi connectivity index (χ3v) is 1.84. The van der Waals surface area contributed by atoms with Crippen LogP contribution >= 0.6 is 0 Å². The third kappa shape index (κ3) is 2.22. The van der Waals surface area contributed by atoms with Gasteiger partial charge in [-0.25, -0.2) is 8.78 Å². The van der Waals surface area contributed by atoms with Crippen LogP contribution in [0, 0.1) is 10.1 Å². The van der Waals surface area contributed by atoms with Crippen LogP contribution in [0.3, 0.4) is 0 Å². The summed E-state index contributed by atoms with van der Waals surface area (Å²) >= 11 is 0. The van der Waals surface area contributed by atoms with E-state index in [0.29, 0.717) is 0 Å². The fraction of sp³-hybridized carbons (Fsp3) is 0.375. The molecule has 0 fully saturated rings. The van der Waals surface area contributed by atoms with E-state index in [9.17, 15) is 18.9 Å². The van der Waals surface area contributed by atoms with Crippen LogP contribution in [0.4, 0.5) is 14.6 Å². The normalized spacial score (nSPS) is 10.6. The summed E-state index contributed by atoms with van der Waals surface area (Å²) in [6, 6.07) is 0.814. The van der Waals surface area contributed by atoms with Gasteiger partial charge in [0.1, 0.15) is 5.56 Å². The first-order valence-electron chi connectivity index (χ1n) is 4.12. The van der Waals surface area contributed by atoms with Gasteiger partial charge in [-0.3, -0.25) is 0 Å². The SMILES string of the molecule is COc1nc([N+](=O)[O-])c(CO)cc1C(F)F. The Morgan fingerprint density at radius 1 is 1.69 bits per heavy atom. The Morgan fingerprint density at radius 2 is 2.31 bits per heavy atom. The molecule has 0 amide bonds. The fourth-order valence-electron chi connectivity index (χ4n) is 1.14. The molecule has 1 aromatic rings. The largest absolute Gasteiger partial charge is 0.462 e. The van der Waals surface area contributed by atoms with Gasteiger partial charge < -0.3 is 20.0 Å². The van der Waals surface area contributed by atoms with Crippen molar-refractivity contribution in [3.63, 3.8) is 0 Å². The van der Waals surface area contributed by atoms with Crippen molar-refractivity contribution in [1.82, 2.24) is 4.98 Å². The average Bonchev–Trinajstić information content (AvgIpc) is 2.26. The van der Waals surface area contributed by atoms with Gasteiger partial charge in [-0.15, -0.1) is 0 Å². The van der Waals surface area contributed by atoms with Crippen LogP contribution in [-0.2, 0) is 6.61 Å². The van der Waals surface area contributed by atoms with E-state index in [2.05, 4.69) is 9.72 Å². The van der Waals surface area contributed by atoms with Crippen molar-refractivity contribution >= 4 is 5.82 Å². The van der Waals surface area contributed by atoms with Crippen LogP contribution in [0.25, 0.3) is 0 Å². The molecule has 0 unspecified atom stereocenters. The molecule has 0 aliphatic carbocycles. The number of halogens is 2. The predicted molar refractivity (Wildman–Crippen MR) is 48.3 cm³/mol. The van der Waals surface area contributed by atoms with E-state index in [0.717, 1.165) is 13.2 Å². The molecule has 0 bridgehead atoms. The van der Waals surface area contributed by atoms with Crippen LogP contribution in [-0.4, -0.2) is 22.1 Å². The zero-order chi connectivity index (χ0) is 12.3. The number of hydrogen-bond donors (Lipinski definition) is 1. The monoisotopic (exact) mass is 234 g/mol. The lowest BCUT2D eigenvalue weighted by molar-refractivity contribution is -0.390. The van der Waals surface area contributed by atoms with Gasteiger partial charge in [0.2, 0.25) is 0 Å². The Morgan fingerprint density at radius 3 is 2.69 bits per heavy atom. The first kappa shape index (κ1) is 12.2. The number of nitro groups is 1. The number of nitrogens with zero attached hydrogens (tertiary/aromatic N) is 2. The minimum atomic E-state index is -2.88. The van der Waals surface area contributed by atoms with E-state index in [-0.39, 0.29) is 5.56 Å². The number of alkyl halides is 2. The minimum Gasteiger partial charge on any atom is -0.462 e. The maximum absolute atomic E-state index is 12.5. The third-order valence-electron chi connectivity index (χ3n) is 1.84. The van der Waals surface area contributed by atoms with Gasteiger partial charge in [-0.1, -0.05) is 0 Å². The highest BCUT2D eigenvalue weighted by atomic mass is 19.3. The summed E-state index contributed by atoms with van der Waals surface area (Å²) in [4.78, 5) is 13.0.